The molecular formula is C75H116O5. The Labute approximate surface area is 492 Å². The molecule has 1 atom stereocenters. The number of ether oxygens (including phenoxy) is 2. The normalized spacial score (nSPS) is 13.6. The number of carbonyl (C=O) groups excluding carboxylic acids is 2. The molecule has 0 spiro atoms. The Balaban J connectivity index is 3.63. The minimum Gasteiger partial charge on any atom is -0.462 e. The predicted molar refractivity (Wildman–Crippen MR) is 352 cm³/mol. The van der Waals surface area contributed by atoms with Crippen LogP contribution in [0, 0.1) is 0 Å². The van der Waals surface area contributed by atoms with Crippen molar-refractivity contribution < 1.29 is 24.2 Å². The van der Waals surface area contributed by atoms with Crippen molar-refractivity contribution in [1.29, 1.82) is 0 Å². The second-order valence-corrected chi connectivity index (χ2v) is 20.4. The van der Waals surface area contributed by atoms with E-state index >= 15 is 0 Å². The molecule has 0 rings (SSSR count). The summed E-state index contributed by atoms with van der Waals surface area (Å²) in [5.41, 5.74) is 0. The van der Waals surface area contributed by atoms with Gasteiger partial charge in [-0.05, 0) is 141 Å². The third-order valence-electron chi connectivity index (χ3n) is 12.9. The van der Waals surface area contributed by atoms with Crippen molar-refractivity contribution in [2.45, 2.75) is 251 Å². The maximum absolute atomic E-state index is 12.3. The maximum Gasteiger partial charge on any atom is 0.306 e. The number of allylic oxidation sites excluding steroid dienone is 32. The first-order chi connectivity index (χ1) is 39.6. The summed E-state index contributed by atoms with van der Waals surface area (Å²) in [4.78, 5) is 24.6. The number of esters is 2. The molecule has 0 saturated heterocycles. The van der Waals surface area contributed by atoms with E-state index in [1.54, 1.807) is 0 Å². The molecule has 0 aromatic carbocycles. The van der Waals surface area contributed by atoms with Crippen LogP contribution in [0.25, 0.3) is 0 Å². The minimum absolute atomic E-state index is 0.0867. The van der Waals surface area contributed by atoms with Crippen LogP contribution in [-0.4, -0.2) is 36.4 Å². The van der Waals surface area contributed by atoms with Gasteiger partial charge in [-0.2, -0.15) is 0 Å². The summed E-state index contributed by atoms with van der Waals surface area (Å²) in [6, 6.07) is 0. The Morgan fingerprint density at radius 1 is 0.287 bits per heavy atom. The summed E-state index contributed by atoms with van der Waals surface area (Å²) in [5.74, 6) is -0.623. The molecule has 1 unspecified atom stereocenters. The lowest BCUT2D eigenvalue weighted by molar-refractivity contribution is -0.161. The molecule has 0 aliphatic heterocycles. The molecule has 0 fully saturated rings. The Hall–Kier alpha value is -5.26. The van der Waals surface area contributed by atoms with Crippen molar-refractivity contribution in [3.63, 3.8) is 0 Å². The maximum atomic E-state index is 12.3. The number of hydrogen-bond donors (Lipinski definition) is 1. The Kier molecular flexibility index (Phi) is 63.5. The van der Waals surface area contributed by atoms with Crippen molar-refractivity contribution in [3.8, 4) is 0 Å². The lowest BCUT2D eigenvalue weighted by Crippen LogP contribution is -2.28. The highest BCUT2D eigenvalue weighted by molar-refractivity contribution is 5.70. The van der Waals surface area contributed by atoms with Crippen LogP contribution in [0.5, 0.6) is 0 Å². The highest BCUT2D eigenvalue weighted by atomic mass is 16.6. The van der Waals surface area contributed by atoms with E-state index in [4.69, 9.17) is 9.47 Å². The van der Waals surface area contributed by atoms with Gasteiger partial charge in [-0.25, -0.2) is 0 Å². The van der Waals surface area contributed by atoms with Crippen LogP contribution in [-0.2, 0) is 19.1 Å². The molecular weight excluding hydrogens is 981 g/mol. The van der Waals surface area contributed by atoms with Gasteiger partial charge in [-0.1, -0.05) is 285 Å². The summed E-state index contributed by atoms with van der Waals surface area (Å²) in [6.07, 6.45) is 108. The summed E-state index contributed by atoms with van der Waals surface area (Å²) in [6.45, 7) is 3.89. The molecule has 0 radical (unpaired) electrons. The summed E-state index contributed by atoms with van der Waals surface area (Å²) < 4.78 is 10.7. The molecule has 5 heteroatoms. The first-order valence-electron chi connectivity index (χ1n) is 32.0. The molecule has 0 aromatic heterocycles. The standard InChI is InChI=1S/C75H116O5/c1-3-5-7-9-11-13-15-17-19-21-23-25-27-29-31-33-35-37-39-41-43-45-47-49-51-53-55-57-59-61-63-65-67-69-74(77)79-72-73(71-76)80-75(78)70-68-66-64-62-60-58-56-54-52-50-48-46-44-42-40-38-36-34-32-30-28-26-24-22-20-18-16-14-12-10-8-6-4-2/h5-8,11-14,17-20,23-26,29-32,35-38,41-44,47-50,73,76H,3-4,9-10,15-16,21-22,27-28,33-34,39-40,45-46,51-72H2,1-2H3/b7-5-,8-6-,13-11-,14-12-,19-17-,20-18-,25-23-,26-24-,31-29-,32-30-,37-35-,38-36-,43-41-,44-42-,49-47-,50-48-. The van der Waals surface area contributed by atoms with Crippen LogP contribution in [0.4, 0.5) is 0 Å². The average Bonchev–Trinajstić information content (AvgIpc) is 3.46. The average molecular weight is 1100 g/mol. The van der Waals surface area contributed by atoms with Gasteiger partial charge in [0, 0.05) is 12.8 Å². The van der Waals surface area contributed by atoms with Crippen LogP contribution >= 0.6 is 0 Å². The smallest absolute Gasteiger partial charge is 0.306 e. The predicted octanol–water partition coefficient (Wildman–Crippen LogP) is 22.4. The highest BCUT2D eigenvalue weighted by Crippen LogP contribution is 2.14. The molecule has 0 aliphatic rings. The van der Waals surface area contributed by atoms with Crippen LogP contribution in [0.1, 0.15) is 245 Å². The van der Waals surface area contributed by atoms with E-state index in [2.05, 4.69) is 208 Å². The zero-order chi connectivity index (χ0) is 57.6. The largest absolute Gasteiger partial charge is 0.462 e. The first kappa shape index (κ1) is 74.7. The van der Waals surface area contributed by atoms with Gasteiger partial charge in [0.15, 0.2) is 6.10 Å². The number of aliphatic hydroxyl groups excluding tert-OH is 1. The lowest BCUT2D eigenvalue weighted by Gasteiger charge is -2.15. The molecule has 0 aromatic rings. The zero-order valence-corrected chi connectivity index (χ0v) is 51.0. The molecule has 80 heavy (non-hydrogen) atoms. The molecule has 5 nitrogen and oxygen atoms in total. The van der Waals surface area contributed by atoms with Gasteiger partial charge in [0.1, 0.15) is 6.61 Å². The zero-order valence-electron chi connectivity index (χ0n) is 51.0. The molecule has 0 heterocycles. The van der Waals surface area contributed by atoms with Crippen LogP contribution in [0.15, 0.2) is 194 Å². The Bertz CT molecular complexity index is 1870. The fraction of sp³-hybridized carbons (Fsp3) is 0.547. The van der Waals surface area contributed by atoms with Gasteiger partial charge in [-0.15, -0.1) is 0 Å². The molecule has 0 aliphatic carbocycles. The summed E-state index contributed by atoms with van der Waals surface area (Å²) >= 11 is 0. The van der Waals surface area contributed by atoms with Gasteiger partial charge in [0.05, 0.1) is 6.61 Å². The molecule has 0 bridgehead atoms. The minimum atomic E-state index is -0.797. The van der Waals surface area contributed by atoms with Crippen molar-refractivity contribution in [2.24, 2.45) is 0 Å². The van der Waals surface area contributed by atoms with Crippen molar-refractivity contribution >= 4 is 11.9 Å². The van der Waals surface area contributed by atoms with Gasteiger partial charge >= 0.3 is 11.9 Å². The lowest BCUT2D eigenvalue weighted by atomic mass is 10.1. The number of carbonyl (C=O) groups is 2. The Morgan fingerprint density at radius 3 is 0.750 bits per heavy atom. The quantitative estimate of drug-likeness (QED) is 0.0373. The van der Waals surface area contributed by atoms with Gasteiger partial charge in [-0.3, -0.25) is 9.59 Å². The van der Waals surface area contributed by atoms with Gasteiger partial charge < -0.3 is 14.6 Å². The number of rotatable bonds is 56. The number of unbranched alkanes of at least 4 members (excludes halogenated alkanes) is 16. The van der Waals surface area contributed by atoms with E-state index in [0.717, 1.165) is 154 Å². The van der Waals surface area contributed by atoms with E-state index in [1.165, 1.54) is 64.2 Å². The van der Waals surface area contributed by atoms with Crippen LogP contribution < -0.4 is 0 Å². The Morgan fingerprint density at radius 2 is 0.500 bits per heavy atom. The number of aliphatic hydroxyl groups is 1. The molecule has 1 N–H and O–H groups in total. The SMILES string of the molecule is CC/C=C\C/C=C\C/C=C\C/C=C\C/C=C\C/C=C\C/C=C\C/C=C\CCCCCCCCCCC(=O)OCC(CO)OC(=O)CCCCCCCCCC/C=C\C/C=C\C/C=C\C/C=C\C/C=C\C/C=C\C/C=C\C/C=C\CC. The van der Waals surface area contributed by atoms with Crippen molar-refractivity contribution in [1.82, 2.24) is 0 Å². The van der Waals surface area contributed by atoms with E-state index in [-0.39, 0.29) is 25.2 Å². The molecule has 446 valence electrons. The first-order valence-corrected chi connectivity index (χ1v) is 32.0. The fourth-order valence-corrected chi connectivity index (χ4v) is 8.17. The fourth-order valence-electron chi connectivity index (χ4n) is 8.17. The monoisotopic (exact) mass is 1100 g/mol. The highest BCUT2D eigenvalue weighted by Gasteiger charge is 2.16. The summed E-state index contributed by atoms with van der Waals surface area (Å²) in [5, 5.41) is 9.69. The van der Waals surface area contributed by atoms with Crippen LogP contribution in [0.3, 0.4) is 0 Å². The summed E-state index contributed by atoms with van der Waals surface area (Å²) in [7, 11) is 0. The van der Waals surface area contributed by atoms with E-state index in [0.29, 0.717) is 12.8 Å². The third kappa shape index (κ3) is 65.3. The topological polar surface area (TPSA) is 72.8 Å². The van der Waals surface area contributed by atoms with E-state index in [1.807, 2.05) is 0 Å². The second kappa shape index (κ2) is 68.0. The van der Waals surface area contributed by atoms with Crippen molar-refractivity contribution in [2.75, 3.05) is 13.2 Å². The van der Waals surface area contributed by atoms with Gasteiger partial charge in [0.25, 0.3) is 0 Å². The second-order valence-electron chi connectivity index (χ2n) is 20.4. The third-order valence-corrected chi connectivity index (χ3v) is 12.9. The van der Waals surface area contributed by atoms with E-state index in [9.17, 15) is 14.7 Å². The molecule has 0 saturated carbocycles. The van der Waals surface area contributed by atoms with Crippen LogP contribution in [0.2, 0.25) is 0 Å². The molecule has 0 amide bonds. The van der Waals surface area contributed by atoms with E-state index < -0.39 is 6.10 Å². The number of hydrogen-bond acceptors (Lipinski definition) is 5. The van der Waals surface area contributed by atoms with Gasteiger partial charge in [0.2, 0.25) is 0 Å². The van der Waals surface area contributed by atoms with Crippen molar-refractivity contribution in [3.05, 3.63) is 194 Å².